The van der Waals surface area contributed by atoms with Gasteiger partial charge in [-0.25, -0.2) is 8.78 Å². The van der Waals surface area contributed by atoms with E-state index < -0.39 is 5.92 Å². The fraction of sp³-hybridized carbons (Fsp3) is 1.00. The highest BCUT2D eigenvalue weighted by atomic mass is 19.3. The molecule has 0 radical (unpaired) electrons. The van der Waals surface area contributed by atoms with Crippen molar-refractivity contribution in [1.29, 1.82) is 0 Å². The summed E-state index contributed by atoms with van der Waals surface area (Å²) in [6, 6.07) is 0. The van der Waals surface area contributed by atoms with Crippen molar-refractivity contribution in [3.8, 4) is 0 Å². The molecule has 3 N–H and O–H groups in total. The fourth-order valence-corrected chi connectivity index (χ4v) is 1.33. The standard InChI is InChI=1S/C7H15F2N3/c8-7(9)1-4-12(5-2-7)6-3-11-10/h11H,1-6,10H2. The molecule has 1 rings (SSSR count). The molecule has 1 aliphatic heterocycles. The average Bonchev–Trinajstić information content (AvgIpc) is 2.03. The first-order valence-electron chi connectivity index (χ1n) is 4.18. The number of piperidine rings is 1. The summed E-state index contributed by atoms with van der Waals surface area (Å²) < 4.78 is 25.3. The van der Waals surface area contributed by atoms with Crippen LogP contribution in [0.3, 0.4) is 0 Å². The van der Waals surface area contributed by atoms with E-state index in [-0.39, 0.29) is 12.8 Å². The number of hydrogen-bond acceptors (Lipinski definition) is 3. The third-order valence-electron chi connectivity index (χ3n) is 2.16. The monoisotopic (exact) mass is 179 g/mol. The van der Waals surface area contributed by atoms with Crippen LogP contribution in [-0.2, 0) is 0 Å². The number of nitrogens with two attached hydrogens (primary N) is 1. The minimum atomic E-state index is -2.44. The summed E-state index contributed by atoms with van der Waals surface area (Å²) in [6.07, 6.45) is -0.0326. The molecule has 1 aliphatic rings. The fourth-order valence-electron chi connectivity index (χ4n) is 1.33. The maximum Gasteiger partial charge on any atom is 0.250 e. The topological polar surface area (TPSA) is 41.3 Å². The summed E-state index contributed by atoms with van der Waals surface area (Å²) >= 11 is 0. The molecule has 0 spiro atoms. The quantitative estimate of drug-likeness (QED) is 0.479. The van der Waals surface area contributed by atoms with Crippen LogP contribution < -0.4 is 11.3 Å². The van der Waals surface area contributed by atoms with Crippen LogP contribution in [-0.4, -0.2) is 37.0 Å². The Bertz CT molecular complexity index is 131. The van der Waals surface area contributed by atoms with E-state index in [4.69, 9.17) is 5.84 Å². The Hall–Kier alpha value is -0.260. The van der Waals surface area contributed by atoms with Gasteiger partial charge in [0.2, 0.25) is 0 Å². The number of rotatable bonds is 3. The highest BCUT2D eigenvalue weighted by Gasteiger charge is 2.33. The summed E-state index contributed by atoms with van der Waals surface area (Å²) in [5.74, 6) is 2.64. The molecule has 12 heavy (non-hydrogen) atoms. The van der Waals surface area contributed by atoms with Crippen LogP contribution in [0.2, 0.25) is 0 Å². The van der Waals surface area contributed by atoms with Gasteiger partial charge in [0.05, 0.1) is 0 Å². The maximum atomic E-state index is 12.6. The number of likely N-dealkylation sites (tertiary alicyclic amines) is 1. The normalized spacial score (nSPS) is 24.2. The zero-order valence-corrected chi connectivity index (χ0v) is 7.02. The van der Waals surface area contributed by atoms with Gasteiger partial charge in [-0.3, -0.25) is 11.3 Å². The zero-order valence-electron chi connectivity index (χ0n) is 7.02. The molecular weight excluding hydrogens is 164 g/mol. The third kappa shape index (κ3) is 3.00. The second-order valence-electron chi connectivity index (χ2n) is 3.15. The minimum Gasteiger partial charge on any atom is -0.302 e. The van der Waals surface area contributed by atoms with Crippen LogP contribution in [0.15, 0.2) is 0 Å². The van der Waals surface area contributed by atoms with Crippen LogP contribution in [0.25, 0.3) is 0 Å². The number of halogens is 2. The zero-order chi connectivity index (χ0) is 9.03. The molecule has 0 atom stereocenters. The van der Waals surface area contributed by atoms with Gasteiger partial charge in [0.15, 0.2) is 0 Å². The lowest BCUT2D eigenvalue weighted by Crippen LogP contribution is -2.43. The van der Waals surface area contributed by atoms with Crippen molar-refractivity contribution < 1.29 is 8.78 Å². The number of hydrogen-bond donors (Lipinski definition) is 2. The molecule has 0 unspecified atom stereocenters. The molecule has 0 bridgehead atoms. The summed E-state index contributed by atoms with van der Waals surface area (Å²) in [7, 11) is 0. The van der Waals surface area contributed by atoms with Crippen molar-refractivity contribution in [3.05, 3.63) is 0 Å². The summed E-state index contributed by atoms with van der Waals surface area (Å²) in [5, 5.41) is 0. The Morgan fingerprint density at radius 1 is 1.33 bits per heavy atom. The molecule has 1 heterocycles. The van der Waals surface area contributed by atoms with Crippen LogP contribution in [0.1, 0.15) is 12.8 Å². The van der Waals surface area contributed by atoms with Crippen LogP contribution in [0.5, 0.6) is 0 Å². The molecule has 5 heteroatoms. The van der Waals surface area contributed by atoms with Gasteiger partial charge >= 0.3 is 0 Å². The third-order valence-corrected chi connectivity index (χ3v) is 2.16. The van der Waals surface area contributed by atoms with Gasteiger partial charge in [-0.05, 0) is 0 Å². The molecule has 1 fully saturated rings. The van der Waals surface area contributed by atoms with Crippen LogP contribution in [0, 0.1) is 0 Å². The van der Waals surface area contributed by atoms with E-state index in [0.717, 1.165) is 6.54 Å². The molecule has 0 aromatic rings. The van der Waals surface area contributed by atoms with E-state index in [1.165, 1.54) is 0 Å². The van der Waals surface area contributed by atoms with Gasteiger partial charge in [0, 0.05) is 39.0 Å². The molecule has 72 valence electrons. The van der Waals surface area contributed by atoms with Crippen molar-refractivity contribution in [2.24, 2.45) is 5.84 Å². The van der Waals surface area contributed by atoms with Gasteiger partial charge < -0.3 is 4.90 Å². The second-order valence-corrected chi connectivity index (χ2v) is 3.15. The van der Waals surface area contributed by atoms with Gasteiger partial charge in [0.25, 0.3) is 5.92 Å². The molecule has 0 amide bonds. The van der Waals surface area contributed by atoms with E-state index in [1.54, 1.807) is 0 Å². The highest BCUT2D eigenvalue weighted by molar-refractivity contribution is 4.77. The molecule has 0 aromatic carbocycles. The second kappa shape index (κ2) is 4.11. The number of hydrazine groups is 1. The Kier molecular flexibility index (Phi) is 3.37. The lowest BCUT2D eigenvalue weighted by molar-refractivity contribution is -0.0547. The van der Waals surface area contributed by atoms with Gasteiger partial charge in [-0.2, -0.15) is 0 Å². The van der Waals surface area contributed by atoms with Gasteiger partial charge in [-0.15, -0.1) is 0 Å². The van der Waals surface area contributed by atoms with Crippen molar-refractivity contribution >= 4 is 0 Å². The van der Waals surface area contributed by atoms with Crippen LogP contribution in [0.4, 0.5) is 8.78 Å². The highest BCUT2D eigenvalue weighted by Crippen LogP contribution is 2.27. The van der Waals surface area contributed by atoms with E-state index in [1.807, 2.05) is 4.90 Å². The van der Waals surface area contributed by atoms with Gasteiger partial charge in [0.1, 0.15) is 0 Å². The predicted molar refractivity (Wildman–Crippen MR) is 42.8 cm³/mol. The number of alkyl halides is 2. The summed E-state index contributed by atoms with van der Waals surface area (Å²) in [6.45, 7) is 2.38. The van der Waals surface area contributed by atoms with E-state index in [9.17, 15) is 8.78 Å². The van der Waals surface area contributed by atoms with Crippen molar-refractivity contribution in [3.63, 3.8) is 0 Å². The first-order valence-corrected chi connectivity index (χ1v) is 4.18. The Morgan fingerprint density at radius 2 is 1.92 bits per heavy atom. The van der Waals surface area contributed by atoms with Crippen molar-refractivity contribution in [2.45, 2.75) is 18.8 Å². The van der Waals surface area contributed by atoms with Crippen LogP contribution >= 0.6 is 0 Å². The predicted octanol–water partition coefficient (Wildman–Crippen LogP) is 0.181. The molecular formula is C7H15F2N3. The number of nitrogens with zero attached hydrogens (tertiary/aromatic N) is 1. The minimum absolute atomic E-state index is 0.0163. The summed E-state index contributed by atoms with van der Waals surface area (Å²) in [4.78, 5) is 2.00. The van der Waals surface area contributed by atoms with E-state index >= 15 is 0 Å². The first kappa shape index (κ1) is 9.83. The molecule has 0 aliphatic carbocycles. The smallest absolute Gasteiger partial charge is 0.250 e. The molecule has 3 nitrogen and oxygen atoms in total. The maximum absolute atomic E-state index is 12.6. The lowest BCUT2D eigenvalue weighted by Gasteiger charge is -2.31. The van der Waals surface area contributed by atoms with Gasteiger partial charge in [-0.1, -0.05) is 0 Å². The Morgan fingerprint density at radius 3 is 2.42 bits per heavy atom. The Balaban J connectivity index is 2.18. The molecule has 0 saturated carbocycles. The van der Waals surface area contributed by atoms with Crippen molar-refractivity contribution in [1.82, 2.24) is 10.3 Å². The van der Waals surface area contributed by atoms with E-state index in [0.29, 0.717) is 19.6 Å². The number of nitrogens with one attached hydrogen (secondary N) is 1. The first-order chi connectivity index (χ1) is 5.64. The largest absolute Gasteiger partial charge is 0.302 e. The van der Waals surface area contributed by atoms with E-state index in [2.05, 4.69) is 5.43 Å². The molecule has 1 saturated heterocycles. The molecule has 0 aromatic heterocycles. The Labute approximate surface area is 70.9 Å². The SMILES string of the molecule is NNCCN1CCC(F)(F)CC1. The summed E-state index contributed by atoms with van der Waals surface area (Å²) in [5.41, 5.74) is 2.51. The lowest BCUT2D eigenvalue weighted by atomic mass is 10.1. The van der Waals surface area contributed by atoms with Crippen molar-refractivity contribution in [2.75, 3.05) is 26.2 Å². The average molecular weight is 179 g/mol.